The Hall–Kier alpha value is -4.94. The molecule has 1 heterocycles. The number of benzene rings is 3. The molecule has 0 unspecified atom stereocenters. The molecule has 240 valence electrons. The molecule has 1 aliphatic rings. The van der Waals surface area contributed by atoms with E-state index in [-0.39, 0.29) is 5.91 Å². The number of nitriles is 1. The minimum Gasteiger partial charge on any atom is -0.475 e. The normalized spacial score (nSPS) is 13.2. The van der Waals surface area contributed by atoms with E-state index in [0.29, 0.717) is 17.7 Å². The number of halogens is 6. The van der Waals surface area contributed by atoms with Crippen molar-refractivity contribution in [2.24, 2.45) is 0 Å². The maximum atomic E-state index is 12.4. The highest BCUT2D eigenvalue weighted by molar-refractivity contribution is 5.94. The molecule has 15 heteroatoms. The van der Waals surface area contributed by atoms with E-state index in [1.165, 1.54) is 11.1 Å². The van der Waals surface area contributed by atoms with Gasteiger partial charge in [-0.2, -0.15) is 31.6 Å². The van der Waals surface area contributed by atoms with Gasteiger partial charge in [-0.1, -0.05) is 42.5 Å². The van der Waals surface area contributed by atoms with Crippen LogP contribution in [0.15, 0.2) is 72.8 Å². The topological polar surface area (TPSA) is 143 Å². The lowest BCUT2D eigenvalue weighted by molar-refractivity contribution is -0.193. The number of aliphatic carboxylic acids is 2. The summed E-state index contributed by atoms with van der Waals surface area (Å²) in [5, 5.41) is 29.6. The Bertz CT molecular complexity index is 1470. The quantitative estimate of drug-likeness (QED) is 0.282. The SMILES string of the molecule is N#Cc1cccc(C(=O)NCc2cccc(-c3cccc(CN4CCNCC4)c3)c2)c1.O=C(O)C(F)(F)F.O=C(O)C(F)(F)F. The Morgan fingerprint density at radius 1 is 0.800 bits per heavy atom. The summed E-state index contributed by atoms with van der Waals surface area (Å²) < 4.78 is 63.5. The van der Waals surface area contributed by atoms with E-state index in [2.05, 4.69) is 58.0 Å². The number of rotatable bonds is 6. The summed E-state index contributed by atoms with van der Waals surface area (Å²) in [6.45, 7) is 5.66. The highest BCUT2D eigenvalue weighted by atomic mass is 19.4. The minimum atomic E-state index is -5.08. The number of alkyl halides is 6. The van der Waals surface area contributed by atoms with Crippen LogP contribution in [-0.4, -0.2) is 71.5 Å². The van der Waals surface area contributed by atoms with Gasteiger partial charge in [0.05, 0.1) is 11.6 Å². The molecule has 0 spiro atoms. The number of carboxylic acids is 2. The first-order chi connectivity index (χ1) is 21.1. The van der Waals surface area contributed by atoms with Crippen molar-refractivity contribution in [3.63, 3.8) is 0 Å². The number of nitrogens with one attached hydrogen (secondary N) is 2. The Balaban J connectivity index is 0.000000421. The predicted octanol–water partition coefficient (Wildman–Crippen LogP) is 4.83. The molecule has 3 aromatic rings. The third-order valence-electron chi connectivity index (χ3n) is 6.00. The van der Waals surface area contributed by atoms with Crippen LogP contribution in [0.25, 0.3) is 11.1 Å². The molecule has 0 atom stereocenters. The highest BCUT2D eigenvalue weighted by Gasteiger charge is 2.38. The number of hydrogen-bond acceptors (Lipinski definition) is 6. The van der Waals surface area contributed by atoms with Crippen LogP contribution < -0.4 is 10.6 Å². The smallest absolute Gasteiger partial charge is 0.475 e. The third-order valence-corrected chi connectivity index (χ3v) is 6.00. The molecular weight excluding hydrogens is 610 g/mol. The maximum absolute atomic E-state index is 12.4. The van der Waals surface area contributed by atoms with Crippen LogP contribution in [0.1, 0.15) is 27.0 Å². The Kier molecular flexibility index (Phi) is 13.5. The summed E-state index contributed by atoms with van der Waals surface area (Å²) in [5.74, 6) is -5.69. The van der Waals surface area contributed by atoms with Crippen molar-refractivity contribution in [2.75, 3.05) is 26.2 Å². The standard InChI is InChI=1S/C26H26N4O.2C2HF3O2/c27-17-20-4-1-9-25(14-20)26(31)29-18-21-5-2-7-23(15-21)24-8-3-6-22(16-24)19-30-12-10-28-11-13-30;2*3-2(4,5)1(6)7/h1-9,14-16,28H,10-13,18-19H2,(H,29,31);2*(H,6,7). The van der Waals surface area contributed by atoms with Gasteiger partial charge < -0.3 is 20.8 Å². The lowest BCUT2D eigenvalue weighted by Gasteiger charge is -2.27. The van der Waals surface area contributed by atoms with Gasteiger partial charge in [0.25, 0.3) is 5.91 Å². The number of carbonyl (C=O) groups is 3. The molecule has 0 aliphatic carbocycles. The van der Waals surface area contributed by atoms with Crippen molar-refractivity contribution in [2.45, 2.75) is 25.4 Å². The van der Waals surface area contributed by atoms with E-state index >= 15 is 0 Å². The highest BCUT2D eigenvalue weighted by Crippen LogP contribution is 2.23. The summed E-state index contributed by atoms with van der Waals surface area (Å²) in [5.41, 5.74) is 5.65. The first-order valence-corrected chi connectivity index (χ1v) is 13.1. The molecule has 1 fully saturated rings. The zero-order valence-electron chi connectivity index (χ0n) is 23.5. The first-order valence-electron chi connectivity index (χ1n) is 13.1. The molecule has 0 radical (unpaired) electrons. The summed E-state index contributed by atoms with van der Waals surface area (Å²) in [4.78, 5) is 32.7. The van der Waals surface area contributed by atoms with Gasteiger partial charge in [0.1, 0.15) is 0 Å². The number of hydrogen-bond donors (Lipinski definition) is 4. The lowest BCUT2D eigenvalue weighted by Crippen LogP contribution is -2.42. The number of carbonyl (C=O) groups excluding carboxylic acids is 1. The molecule has 4 rings (SSSR count). The van der Waals surface area contributed by atoms with Crippen molar-refractivity contribution >= 4 is 17.8 Å². The van der Waals surface area contributed by atoms with Gasteiger partial charge in [0, 0.05) is 44.8 Å². The molecule has 9 nitrogen and oxygen atoms in total. The van der Waals surface area contributed by atoms with Crippen molar-refractivity contribution in [1.29, 1.82) is 5.26 Å². The lowest BCUT2D eigenvalue weighted by atomic mass is 10.0. The molecule has 1 amide bonds. The average Bonchev–Trinajstić information content (AvgIpc) is 3.00. The average molecular weight is 639 g/mol. The molecule has 1 saturated heterocycles. The van der Waals surface area contributed by atoms with Gasteiger partial charge in [0.2, 0.25) is 0 Å². The van der Waals surface area contributed by atoms with Gasteiger partial charge in [0.15, 0.2) is 0 Å². The molecule has 0 aromatic heterocycles. The van der Waals surface area contributed by atoms with Crippen LogP contribution in [0.2, 0.25) is 0 Å². The molecule has 3 aromatic carbocycles. The maximum Gasteiger partial charge on any atom is 0.490 e. The molecule has 0 bridgehead atoms. The minimum absolute atomic E-state index is 0.180. The van der Waals surface area contributed by atoms with Gasteiger partial charge >= 0.3 is 24.3 Å². The summed E-state index contributed by atoms with van der Waals surface area (Å²) in [7, 11) is 0. The molecule has 1 aliphatic heterocycles. The van der Waals surface area contributed by atoms with E-state index < -0.39 is 24.3 Å². The molecule has 4 N–H and O–H groups in total. The second-order valence-corrected chi connectivity index (χ2v) is 9.41. The van der Waals surface area contributed by atoms with Gasteiger partial charge in [-0.25, -0.2) is 9.59 Å². The van der Waals surface area contributed by atoms with Crippen molar-refractivity contribution < 1.29 is 50.9 Å². The molecule has 0 saturated carbocycles. The monoisotopic (exact) mass is 638 g/mol. The Morgan fingerprint density at radius 2 is 1.29 bits per heavy atom. The fourth-order valence-electron chi connectivity index (χ4n) is 3.85. The van der Waals surface area contributed by atoms with Crippen LogP contribution in [0, 0.1) is 11.3 Å². The largest absolute Gasteiger partial charge is 0.490 e. The van der Waals surface area contributed by atoms with E-state index in [1.54, 1.807) is 24.3 Å². The first kappa shape index (κ1) is 36.3. The fourth-order valence-corrected chi connectivity index (χ4v) is 3.85. The number of piperazine rings is 1. The summed E-state index contributed by atoms with van der Waals surface area (Å²) >= 11 is 0. The zero-order valence-corrected chi connectivity index (χ0v) is 23.5. The van der Waals surface area contributed by atoms with E-state index in [1.807, 2.05) is 12.1 Å². The van der Waals surface area contributed by atoms with E-state index in [9.17, 15) is 31.1 Å². The van der Waals surface area contributed by atoms with Crippen LogP contribution in [-0.2, 0) is 22.7 Å². The second kappa shape index (κ2) is 16.8. The second-order valence-electron chi connectivity index (χ2n) is 9.41. The fraction of sp³-hybridized carbons (Fsp3) is 0.267. The van der Waals surface area contributed by atoms with Crippen molar-refractivity contribution in [3.05, 3.63) is 95.1 Å². The van der Waals surface area contributed by atoms with Crippen LogP contribution in [0.5, 0.6) is 0 Å². The van der Waals surface area contributed by atoms with Crippen LogP contribution in [0.3, 0.4) is 0 Å². The Labute approximate surface area is 253 Å². The predicted molar refractivity (Wildman–Crippen MR) is 150 cm³/mol. The van der Waals surface area contributed by atoms with Gasteiger partial charge in [-0.05, 0) is 52.6 Å². The van der Waals surface area contributed by atoms with Crippen LogP contribution >= 0.6 is 0 Å². The van der Waals surface area contributed by atoms with E-state index in [4.69, 9.17) is 25.1 Å². The zero-order chi connectivity index (χ0) is 33.6. The molecule has 45 heavy (non-hydrogen) atoms. The number of amides is 1. The van der Waals surface area contributed by atoms with Crippen LogP contribution in [0.4, 0.5) is 26.3 Å². The van der Waals surface area contributed by atoms with Crippen molar-refractivity contribution in [1.82, 2.24) is 15.5 Å². The van der Waals surface area contributed by atoms with E-state index in [0.717, 1.165) is 43.9 Å². The number of nitrogens with zero attached hydrogens (tertiary/aromatic N) is 2. The molecular formula is C30H28F6N4O5. The van der Waals surface area contributed by atoms with Gasteiger partial charge in [-0.3, -0.25) is 9.69 Å². The summed E-state index contributed by atoms with van der Waals surface area (Å²) in [6, 6.07) is 25.8. The Morgan fingerprint density at radius 3 is 1.80 bits per heavy atom. The summed E-state index contributed by atoms with van der Waals surface area (Å²) in [6.07, 6.45) is -10.2. The van der Waals surface area contributed by atoms with Gasteiger partial charge in [-0.15, -0.1) is 0 Å². The van der Waals surface area contributed by atoms with Crippen molar-refractivity contribution in [3.8, 4) is 17.2 Å². The number of carboxylic acid groups (broad SMARTS) is 2. The third kappa shape index (κ3) is 13.1.